The molecule has 3 rings (SSSR count). The highest BCUT2D eigenvalue weighted by Gasteiger charge is 2.41. The van der Waals surface area contributed by atoms with Crippen molar-refractivity contribution >= 4 is 41.8 Å². The Morgan fingerprint density at radius 3 is 1.97 bits per heavy atom. The van der Waals surface area contributed by atoms with E-state index in [1.807, 2.05) is 6.92 Å². The summed E-state index contributed by atoms with van der Waals surface area (Å²) in [6.07, 6.45) is -7.92. The fourth-order valence-electron chi connectivity index (χ4n) is 4.04. The number of likely N-dealkylation sites (N-methyl/N-ethyl adjacent to an activating group) is 1. The van der Waals surface area contributed by atoms with Crippen molar-refractivity contribution in [2.75, 3.05) is 22.8 Å². The number of carbonyl (C=O) groups is 1. The van der Waals surface area contributed by atoms with Gasteiger partial charge in [0.05, 0.1) is 28.4 Å². The minimum absolute atomic E-state index is 0.0332. The number of carbonyl (C=O) groups excluding carboxylic acids is 1. The van der Waals surface area contributed by atoms with Crippen molar-refractivity contribution in [3.63, 3.8) is 0 Å². The lowest BCUT2D eigenvalue weighted by Crippen LogP contribution is -2.42. The lowest BCUT2D eigenvalue weighted by atomic mass is 9.81. The molecule has 0 saturated carbocycles. The third-order valence-electron chi connectivity index (χ3n) is 6.24. The highest BCUT2D eigenvalue weighted by molar-refractivity contribution is 7.81. The van der Waals surface area contributed by atoms with Crippen LogP contribution in [0.5, 0.6) is 0 Å². The number of amides is 1. The predicted molar refractivity (Wildman–Crippen MR) is 144 cm³/mol. The third kappa shape index (κ3) is 6.63. The summed E-state index contributed by atoms with van der Waals surface area (Å²) < 4.78 is 82.6. The summed E-state index contributed by atoms with van der Waals surface area (Å²) in [5.74, 6) is -0.291. The molecule has 0 bridgehead atoms. The zero-order chi connectivity index (χ0) is 29.3. The maximum absolute atomic E-state index is 13.8. The van der Waals surface area contributed by atoms with E-state index in [4.69, 9.17) is 11.6 Å². The third-order valence-corrected chi connectivity index (χ3v) is 6.98. The van der Waals surface area contributed by atoms with Crippen molar-refractivity contribution in [2.24, 2.45) is 0 Å². The molecule has 210 valence electrons. The molecular weight excluding hydrogens is 564 g/mol. The second kappa shape index (κ2) is 11.3. The van der Waals surface area contributed by atoms with Gasteiger partial charge in [0.25, 0.3) is 0 Å². The van der Waals surface area contributed by atoms with Crippen LogP contribution in [0.25, 0.3) is 11.1 Å². The van der Waals surface area contributed by atoms with Gasteiger partial charge in [-0.2, -0.15) is 26.3 Å². The maximum Gasteiger partial charge on any atom is 0.416 e. The lowest BCUT2D eigenvalue weighted by molar-refractivity contribution is -0.143. The monoisotopic (exact) mass is 589 g/mol. The van der Waals surface area contributed by atoms with Crippen molar-refractivity contribution in [2.45, 2.75) is 45.0 Å². The van der Waals surface area contributed by atoms with Gasteiger partial charge in [-0.15, -0.1) is 0 Å². The molecule has 4 nitrogen and oxygen atoms in total. The zero-order valence-electron chi connectivity index (χ0n) is 21.5. The minimum atomic E-state index is -5.05. The van der Waals surface area contributed by atoms with E-state index in [2.05, 4.69) is 17.8 Å². The number of hydrogen-bond acceptors (Lipinski definition) is 4. The molecule has 0 spiro atoms. The first-order chi connectivity index (χ1) is 18.0. The van der Waals surface area contributed by atoms with Crippen molar-refractivity contribution in [1.29, 1.82) is 0 Å². The van der Waals surface area contributed by atoms with E-state index in [-0.39, 0.29) is 11.8 Å². The van der Waals surface area contributed by atoms with Gasteiger partial charge in [-0.25, -0.2) is 4.98 Å². The number of aromatic nitrogens is 1. The molecule has 0 saturated heterocycles. The molecule has 3 aromatic rings. The van der Waals surface area contributed by atoms with E-state index in [0.29, 0.717) is 40.6 Å². The van der Waals surface area contributed by atoms with E-state index >= 15 is 0 Å². The molecule has 39 heavy (non-hydrogen) atoms. The fourth-order valence-corrected chi connectivity index (χ4v) is 4.58. The van der Waals surface area contributed by atoms with E-state index < -0.39 is 40.4 Å². The summed E-state index contributed by atoms with van der Waals surface area (Å²) in [4.78, 5) is 19.3. The minimum Gasteiger partial charge on any atom is -0.313 e. The van der Waals surface area contributed by atoms with Crippen molar-refractivity contribution in [3.8, 4) is 11.1 Å². The number of pyridine rings is 1. The quantitative estimate of drug-likeness (QED) is 0.222. The zero-order valence-corrected chi connectivity index (χ0v) is 23.1. The molecule has 2 aromatic carbocycles. The van der Waals surface area contributed by atoms with Gasteiger partial charge in [0, 0.05) is 29.7 Å². The van der Waals surface area contributed by atoms with Crippen molar-refractivity contribution in [3.05, 3.63) is 76.4 Å². The van der Waals surface area contributed by atoms with Gasteiger partial charge in [-0.3, -0.25) is 4.79 Å². The van der Waals surface area contributed by atoms with Crippen LogP contribution in [0.2, 0.25) is 5.02 Å². The Hall–Kier alpha value is -2.92. The smallest absolute Gasteiger partial charge is 0.313 e. The van der Waals surface area contributed by atoms with Crippen LogP contribution < -0.4 is 9.21 Å². The van der Waals surface area contributed by atoms with Crippen LogP contribution >= 0.6 is 24.4 Å². The van der Waals surface area contributed by atoms with Gasteiger partial charge in [0.15, 0.2) is 0 Å². The maximum atomic E-state index is 13.8. The normalized spacial score (nSPS) is 12.4. The first-order valence-corrected chi connectivity index (χ1v) is 12.6. The van der Waals surface area contributed by atoms with E-state index in [1.165, 1.54) is 27.1 Å². The van der Waals surface area contributed by atoms with Crippen LogP contribution in [0.15, 0.2) is 54.7 Å². The van der Waals surface area contributed by atoms with Crippen LogP contribution in [0, 0.1) is 0 Å². The van der Waals surface area contributed by atoms with Gasteiger partial charge in [-0.1, -0.05) is 49.5 Å². The predicted octanol–water partition coefficient (Wildman–Crippen LogP) is 8.44. The SMILES string of the molecule is CCCN(S)c1cc(-c2ccccc2Cl)c(N(C)C(=O)C(C)(C)c2cc(C(F)(F)F)cc(C(F)(F)F)c2)cn1. The van der Waals surface area contributed by atoms with Gasteiger partial charge >= 0.3 is 12.4 Å². The van der Waals surface area contributed by atoms with Gasteiger partial charge in [-0.05, 0) is 56.2 Å². The van der Waals surface area contributed by atoms with Crippen LogP contribution in [-0.4, -0.2) is 24.5 Å². The summed E-state index contributed by atoms with van der Waals surface area (Å²) in [6.45, 7) is 5.07. The molecule has 0 aliphatic rings. The molecule has 1 aromatic heterocycles. The number of rotatable bonds is 7. The lowest BCUT2D eigenvalue weighted by Gasteiger charge is -2.32. The Balaban J connectivity index is 2.15. The molecule has 0 aliphatic heterocycles. The molecule has 0 N–H and O–H groups in total. The molecule has 1 amide bonds. The molecule has 12 heteroatoms. The highest BCUT2D eigenvalue weighted by atomic mass is 35.5. The van der Waals surface area contributed by atoms with E-state index in [1.54, 1.807) is 34.6 Å². The number of anilines is 2. The van der Waals surface area contributed by atoms with Crippen molar-refractivity contribution in [1.82, 2.24) is 4.98 Å². The first-order valence-electron chi connectivity index (χ1n) is 11.8. The van der Waals surface area contributed by atoms with Crippen molar-refractivity contribution < 1.29 is 31.1 Å². The Morgan fingerprint density at radius 1 is 0.923 bits per heavy atom. The molecule has 0 radical (unpaired) electrons. The van der Waals surface area contributed by atoms with E-state index in [0.717, 1.165) is 11.3 Å². The standard InChI is InChI=1S/C27H26ClF6N3OS/c1-5-10-37(39)23-14-20(19-8-6-7-9-21(19)28)22(15-35-23)36(4)24(38)25(2,3)16-11-17(26(29,30)31)13-18(12-16)27(32,33)34/h6-9,11-15,39H,5,10H2,1-4H3. The van der Waals surface area contributed by atoms with Crippen LogP contribution in [-0.2, 0) is 22.6 Å². The average Bonchev–Trinajstić information content (AvgIpc) is 2.86. The number of nitrogens with zero attached hydrogens (tertiary/aromatic N) is 3. The molecule has 0 fully saturated rings. The highest BCUT2D eigenvalue weighted by Crippen LogP contribution is 2.41. The first kappa shape index (κ1) is 30.6. The molecular formula is C27H26ClF6N3OS. The number of alkyl halides is 6. The average molecular weight is 590 g/mol. The number of halogens is 7. The molecule has 0 aliphatic carbocycles. The number of thiol groups is 1. The Labute approximate surface area is 233 Å². The van der Waals surface area contributed by atoms with Crippen LogP contribution in [0.1, 0.15) is 43.9 Å². The summed E-state index contributed by atoms with van der Waals surface area (Å²) in [7, 11) is 1.38. The largest absolute Gasteiger partial charge is 0.416 e. The summed E-state index contributed by atoms with van der Waals surface area (Å²) in [6, 6.07) is 9.68. The summed E-state index contributed by atoms with van der Waals surface area (Å²) in [5, 5.41) is 0.366. The fraction of sp³-hybridized carbons (Fsp3) is 0.333. The van der Waals surface area contributed by atoms with E-state index in [9.17, 15) is 31.1 Å². The number of hydrogen-bond donors (Lipinski definition) is 1. The van der Waals surface area contributed by atoms with Gasteiger partial charge in [0.1, 0.15) is 5.82 Å². The van der Waals surface area contributed by atoms with Crippen LogP contribution in [0.4, 0.5) is 37.8 Å². The molecule has 0 atom stereocenters. The summed E-state index contributed by atoms with van der Waals surface area (Å²) >= 11 is 10.9. The molecule has 0 unspecified atom stereocenters. The second-order valence-electron chi connectivity index (χ2n) is 9.45. The van der Waals surface area contributed by atoms with Gasteiger partial charge in [0.2, 0.25) is 5.91 Å². The Kier molecular flexibility index (Phi) is 8.86. The van der Waals surface area contributed by atoms with Crippen LogP contribution in [0.3, 0.4) is 0 Å². The second-order valence-corrected chi connectivity index (χ2v) is 10.3. The topological polar surface area (TPSA) is 36.4 Å². The number of benzene rings is 2. The molecule has 1 heterocycles. The van der Waals surface area contributed by atoms with Gasteiger partial charge < -0.3 is 9.21 Å². The Bertz CT molecular complexity index is 1330. The summed E-state index contributed by atoms with van der Waals surface area (Å²) in [5.41, 5.74) is -3.93. The Morgan fingerprint density at radius 2 is 1.46 bits per heavy atom.